The first-order chi connectivity index (χ1) is 9.28. The van der Waals surface area contributed by atoms with Gasteiger partial charge in [0.1, 0.15) is 0 Å². The number of hydrogen-bond donors (Lipinski definition) is 1. The highest BCUT2D eigenvalue weighted by atomic mass is 16.3. The van der Waals surface area contributed by atoms with Crippen LogP contribution in [0.25, 0.3) is 0 Å². The van der Waals surface area contributed by atoms with Crippen LogP contribution in [-0.2, 0) is 0 Å². The maximum atomic E-state index is 9.82. The topological polar surface area (TPSA) is 47.3 Å². The highest BCUT2D eigenvalue weighted by Gasteiger charge is 2.40. The molecule has 2 saturated heterocycles. The third-order valence-electron chi connectivity index (χ3n) is 4.61. The summed E-state index contributed by atoms with van der Waals surface area (Å²) in [6.45, 7) is 0.808. The van der Waals surface area contributed by atoms with Gasteiger partial charge in [-0.1, -0.05) is 30.3 Å². The van der Waals surface area contributed by atoms with Crippen LogP contribution in [0.15, 0.2) is 30.3 Å². The molecule has 0 radical (unpaired) electrons. The molecule has 19 heavy (non-hydrogen) atoms. The van der Waals surface area contributed by atoms with Gasteiger partial charge in [0.05, 0.1) is 18.1 Å². The Bertz CT molecular complexity index is 453. The SMILES string of the molecule is N#CC(CN1C2CCC1CC(O)C2)c1ccccc1. The summed E-state index contributed by atoms with van der Waals surface area (Å²) < 4.78 is 0. The minimum atomic E-state index is -0.133. The summed E-state index contributed by atoms with van der Waals surface area (Å²) in [5.74, 6) is -0.0560. The number of aliphatic hydroxyl groups is 1. The van der Waals surface area contributed by atoms with E-state index in [0.717, 1.165) is 24.9 Å². The average molecular weight is 256 g/mol. The molecule has 3 atom stereocenters. The molecular weight excluding hydrogens is 236 g/mol. The number of piperidine rings is 1. The molecule has 3 unspecified atom stereocenters. The van der Waals surface area contributed by atoms with Gasteiger partial charge in [0.15, 0.2) is 0 Å². The number of nitriles is 1. The molecule has 1 aromatic rings. The monoisotopic (exact) mass is 256 g/mol. The van der Waals surface area contributed by atoms with Crippen molar-refractivity contribution in [3.63, 3.8) is 0 Å². The first-order valence-electron chi connectivity index (χ1n) is 7.16. The van der Waals surface area contributed by atoms with Crippen LogP contribution in [0.3, 0.4) is 0 Å². The minimum Gasteiger partial charge on any atom is -0.393 e. The molecule has 2 heterocycles. The van der Waals surface area contributed by atoms with Gasteiger partial charge >= 0.3 is 0 Å². The van der Waals surface area contributed by atoms with E-state index in [1.807, 2.05) is 30.3 Å². The molecule has 3 nitrogen and oxygen atoms in total. The largest absolute Gasteiger partial charge is 0.393 e. The van der Waals surface area contributed by atoms with E-state index in [1.165, 1.54) is 12.8 Å². The van der Waals surface area contributed by atoms with E-state index >= 15 is 0 Å². The average Bonchev–Trinajstić information content (AvgIpc) is 2.67. The zero-order valence-corrected chi connectivity index (χ0v) is 11.1. The van der Waals surface area contributed by atoms with E-state index in [-0.39, 0.29) is 12.0 Å². The quantitative estimate of drug-likeness (QED) is 0.902. The predicted octanol–water partition coefficient (Wildman–Crippen LogP) is 2.28. The molecule has 0 amide bonds. The van der Waals surface area contributed by atoms with E-state index in [2.05, 4.69) is 11.0 Å². The van der Waals surface area contributed by atoms with Gasteiger partial charge in [-0.05, 0) is 31.2 Å². The zero-order chi connectivity index (χ0) is 13.2. The van der Waals surface area contributed by atoms with Gasteiger partial charge in [0.2, 0.25) is 0 Å². The molecule has 2 fully saturated rings. The fourth-order valence-corrected chi connectivity index (χ4v) is 3.66. The van der Waals surface area contributed by atoms with Gasteiger partial charge in [0.25, 0.3) is 0 Å². The molecule has 100 valence electrons. The van der Waals surface area contributed by atoms with Crippen LogP contribution >= 0.6 is 0 Å². The van der Waals surface area contributed by atoms with E-state index in [1.54, 1.807) is 0 Å². The lowest BCUT2D eigenvalue weighted by molar-refractivity contribution is 0.0345. The Morgan fingerprint density at radius 2 is 1.84 bits per heavy atom. The summed E-state index contributed by atoms with van der Waals surface area (Å²) in [6.07, 6.45) is 3.97. The van der Waals surface area contributed by atoms with Gasteiger partial charge in [-0.25, -0.2) is 0 Å². The van der Waals surface area contributed by atoms with Crippen LogP contribution in [0.4, 0.5) is 0 Å². The second-order valence-corrected chi connectivity index (χ2v) is 5.80. The van der Waals surface area contributed by atoms with Crippen molar-refractivity contribution >= 4 is 0 Å². The van der Waals surface area contributed by atoms with Crippen LogP contribution in [0, 0.1) is 11.3 Å². The van der Waals surface area contributed by atoms with Crippen LogP contribution in [0.5, 0.6) is 0 Å². The molecule has 2 aliphatic heterocycles. The molecule has 2 bridgehead atoms. The summed E-state index contributed by atoms with van der Waals surface area (Å²) in [4.78, 5) is 2.47. The van der Waals surface area contributed by atoms with Crippen LogP contribution in [-0.4, -0.2) is 34.7 Å². The van der Waals surface area contributed by atoms with Crippen molar-refractivity contribution in [3.05, 3.63) is 35.9 Å². The number of nitrogens with zero attached hydrogens (tertiary/aromatic N) is 2. The fraction of sp³-hybridized carbons (Fsp3) is 0.562. The highest BCUT2D eigenvalue weighted by molar-refractivity contribution is 5.25. The zero-order valence-electron chi connectivity index (χ0n) is 11.1. The smallest absolute Gasteiger partial charge is 0.0839 e. The van der Waals surface area contributed by atoms with Gasteiger partial charge in [0, 0.05) is 18.6 Å². The minimum absolute atomic E-state index is 0.0560. The first-order valence-corrected chi connectivity index (χ1v) is 7.16. The number of rotatable bonds is 3. The molecule has 0 aromatic heterocycles. The van der Waals surface area contributed by atoms with E-state index < -0.39 is 0 Å². The number of benzene rings is 1. The van der Waals surface area contributed by atoms with Crippen molar-refractivity contribution in [2.45, 2.75) is 49.8 Å². The predicted molar refractivity (Wildman–Crippen MR) is 73.6 cm³/mol. The Morgan fingerprint density at radius 3 is 2.42 bits per heavy atom. The second-order valence-electron chi connectivity index (χ2n) is 5.80. The standard InChI is InChI=1S/C16H20N2O/c17-10-13(12-4-2-1-3-5-12)11-18-14-6-7-15(18)9-16(19)8-14/h1-5,13-16,19H,6-9,11H2. The Balaban J connectivity index is 1.73. The lowest BCUT2D eigenvalue weighted by Gasteiger charge is -2.38. The lowest BCUT2D eigenvalue weighted by Crippen LogP contribution is -2.46. The van der Waals surface area contributed by atoms with E-state index in [4.69, 9.17) is 0 Å². The molecule has 2 aliphatic rings. The molecule has 3 heteroatoms. The van der Waals surface area contributed by atoms with Crippen LogP contribution in [0.2, 0.25) is 0 Å². The summed E-state index contributed by atoms with van der Waals surface area (Å²) in [7, 11) is 0. The number of aliphatic hydroxyl groups excluding tert-OH is 1. The Morgan fingerprint density at radius 1 is 1.21 bits per heavy atom. The second kappa shape index (κ2) is 5.32. The third-order valence-corrected chi connectivity index (χ3v) is 4.61. The number of hydrogen-bond acceptors (Lipinski definition) is 3. The first kappa shape index (κ1) is 12.7. The summed E-state index contributed by atoms with van der Waals surface area (Å²) in [6, 6.07) is 13.4. The third kappa shape index (κ3) is 2.51. The van der Waals surface area contributed by atoms with Gasteiger partial charge in [-0.15, -0.1) is 0 Å². The molecule has 3 rings (SSSR count). The Hall–Kier alpha value is -1.37. The van der Waals surface area contributed by atoms with Gasteiger partial charge in [-0.3, -0.25) is 4.90 Å². The summed E-state index contributed by atoms with van der Waals surface area (Å²) in [5.41, 5.74) is 1.11. The molecular formula is C16H20N2O. The van der Waals surface area contributed by atoms with E-state index in [9.17, 15) is 10.4 Å². The normalized spacial score (nSPS) is 31.9. The van der Waals surface area contributed by atoms with Crippen LogP contribution < -0.4 is 0 Å². The molecule has 1 aromatic carbocycles. The van der Waals surface area contributed by atoms with Gasteiger partial charge < -0.3 is 5.11 Å². The Labute approximate surface area is 114 Å². The van der Waals surface area contributed by atoms with Crippen molar-refractivity contribution in [1.29, 1.82) is 5.26 Å². The lowest BCUT2D eigenvalue weighted by atomic mass is 9.95. The maximum absolute atomic E-state index is 9.82. The van der Waals surface area contributed by atoms with Crippen molar-refractivity contribution < 1.29 is 5.11 Å². The molecule has 1 N–H and O–H groups in total. The molecule has 0 spiro atoms. The van der Waals surface area contributed by atoms with Crippen molar-refractivity contribution in [1.82, 2.24) is 4.90 Å². The maximum Gasteiger partial charge on any atom is 0.0839 e. The highest BCUT2D eigenvalue weighted by Crippen LogP contribution is 2.37. The van der Waals surface area contributed by atoms with E-state index in [0.29, 0.717) is 12.1 Å². The molecule has 0 saturated carbocycles. The fourth-order valence-electron chi connectivity index (χ4n) is 3.66. The van der Waals surface area contributed by atoms with Crippen molar-refractivity contribution in [2.24, 2.45) is 0 Å². The summed E-state index contributed by atoms with van der Waals surface area (Å²) in [5, 5.41) is 19.3. The number of fused-ring (bicyclic) bond motifs is 2. The van der Waals surface area contributed by atoms with Crippen molar-refractivity contribution in [3.8, 4) is 6.07 Å². The molecule has 0 aliphatic carbocycles. The van der Waals surface area contributed by atoms with Crippen LogP contribution in [0.1, 0.15) is 37.2 Å². The summed E-state index contributed by atoms with van der Waals surface area (Å²) >= 11 is 0. The van der Waals surface area contributed by atoms with Gasteiger partial charge in [-0.2, -0.15) is 5.26 Å². The Kier molecular flexibility index (Phi) is 3.54. The van der Waals surface area contributed by atoms with Crippen molar-refractivity contribution in [2.75, 3.05) is 6.54 Å².